The van der Waals surface area contributed by atoms with Gasteiger partial charge in [0.25, 0.3) is 10.0 Å². The van der Waals surface area contributed by atoms with Crippen molar-refractivity contribution < 1.29 is 18.0 Å². The zero-order valence-electron chi connectivity index (χ0n) is 20.5. The van der Waals surface area contributed by atoms with E-state index in [1.54, 1.807) is 49.4 Å². The van der Waals surface area contributed by atoms with Crippen LogP contribution in [0.5, 0.6) is 0 Å². The van der Waals surface area contributed by atoms with Gasteiger partial charge in [0.05, 0.1) is 10.6 Å². The largest absolute Gasteiger partial charge is 0.352 e. The first kappa shape index (κ1) is 27.2. The highest BCUT2D eigenvalue weighted by atomic mass is 35.5. The zero-order chi connectivity index (χ0) is 26.3. The van der Waals surface area contributed by atoms with E-state index in [2.05, 4.69) is 5.32 Å². The van der Waals surface area contributed by atoms with Crippen LogP contribution in [0.3, 0.4) is 0 Å². The van der Waals surface area contributed by atoms with Gasteiger partial charge in [-0.3, -0.25) is 13.9 Å². The molecule has 0 heterocycles. The normalized spacial score (nSPS) is 12.1. The minimum absolute atomic E-state index is 0.0490. The predicted octanol–water partition coefficient (Wildman–Crippen LogP) is 4.48. The smallest absolute Gasteiger partial charge is 0.264 e. The van der Waals surface area contributed by atoms with Gasteiger partial charge in [-0.05, 0) is 62.7 Å². The molecule has 0 spiro atoms. The summed E-state index contributed by atoms with van der Waals surface area (Å²) < 4.78 is 28.3. The Morgan fingerprint density at radius 3 is 1.97 bits per heavy atom. The molecule has 3 aromatic carbocycles. The fraction of sp³-hybridized carbons (Fsp3) is 0.259. The van der Waals surface area contributed by atoms with Crippen LogP contribution < -0.4 is 9.62 Å². The van der Waals surface area contributed by atoms with E-state index in [0.29, 0.717) is 5.02 Å². The number of benzene rings is 3. The van der Waals surface area contributed by atoms with Crippen LogP contribution in [0.4, 0.5) is 5.69 Å². The van der Waals surface area contributed by atoms with Crippen molar-refractivity contribution in [2.45, 2.75) is 44.3 Å². The van der Waals surface area contributed by atoms with Gasteiger partial charge < -0.3 is 10.2 Å². The fourth-order valence-electron chi connectivity index (χ4n) is 3.62. The van der Waals surface area contributed by atoms with Gasteiger partial charge in [0, 0.05) is 17.6 Å². The Hall–Kier alpha value is -3.36. The number of hydrogen-bond acceptors (Lipinski definition) is 4. The van der Waals surface area contributed by atoms with Crippen LogP contribution in [0.25, 0.3) is 0 Å². The molecule has 7 nitrogen and oxygen atoms in total. The molecular formula is C27H30ClN3O4S. The van der Waals surface area contributed by atoms with E-state index in [0.717, 1.165) is 9.87 Å². The van der Waals surface area contributed by atoms with Gasteiger partial charge >= 0.3 is 0 Å². The summed E-state index contributed by atoms with van der Waals surface area (Å²) in [5.41, 5.74) is 1.11. The van der Waals surface area contributed by atoms with Crippen LogP contribution in [-0.2, 0) is 26.2 Å². The van der Waals surface area contributed by atoms with Crippen molar-refractivity contribution in [1.82, 2.24) is 10.2 Å². The summed E-state index contributed by atoms with van der Waals surface area (Å²) in [6.45, 7) is 4.96. The molecule has 2 amide bonds. The third-order valence-electron chi connectivity index (χ3n) is 5.52. The van der Waals surface area contributed by atoms with Crippen molar-refractivity contribution in [3.63, 3.8) is 0 Å². The second kappa shape index (κ2) is 12.1. The summed E-state index contributed by atoms with van der Waals surface area (Å²) in [5, 5.41) is 3.27. The molecule has 9 heteroatoms. The van der Waals surface area contributed by atoms with Crippen LogP contribution in [0.2, 0.25) is 5.02 Å². The molecule has 1 atom stereocenters. The average molecular weight is 528 g/mol. The van der Waals surface area contributed by atoms with Gasteiger partial charge in [0.1, 0.15) is 12.6 Å². The second-order valence-electron chi connectivity index (χ2n) is 8.65. The van der Waals surface area contributed by atoms with Crippen LogP contribution in [0, 0.1) is 0 Å². The lowest BCUT2D eigenvalue weighted by molar-refractivity contribution is -0.139. The first-order chi connectivity index (χ1) is 17.1. The van der Waals surface area contributed by atoms with Crippen LogP contribution >= 0.6 is 11.6 Å². The molecule has 1 N–H and O–H groups in total. The quantitative estimate of drug-likeness (QED) is 0.421. The topological polar surface area (TPSA) is 86.8 Å². The summed E-state index contributed by atoms with van der Waals surface area (Å²) >= 11 is 6.02. The molecule has 0 saturated heterocycles. The third-order valence-corrected chi connectivity index (χ3v) is 7.56. The maximum atomic E-state index is 13.7. The highest BCUT2D eigenvalue weighted by Crippen LogP contribution is 2.26. The molecule has 0 bridgehead atoms. The van der Waals surface area contributed by atoms with E-state index in [1.807, 2.05) is 44.2 Å². The molecule has 190 valence electrons. The summed E-state index contributed by atoms with van der Waals surface area (Å²) in [4.78, 5) is 28.0. The van der Waals surface area contributed by atoms with E-state index >= 15 is 0 Å². The fourth-order valence-corrected chi connectivity index (χ4v) is 5.18. The highest BCUT2D eigenvalue weighted by molar-refractivity contribution is 7.92. The monoisotopic (exact) mass is 527 g/mol. The van der Waals surface area contributed by atoms with Gasteiger partial charge in [-0.2, -0.15) is 0 Å². The predicted molar refractivity (Wildman–Crippen MR) is 142 cm³/mol. The number of sulfonamides is 1. The number of halogens is 1. The van der Waals surface area contributed by atoms with Crippen molar-refractivity contribution in [2.24, 2.45) is 0 Å². The summed E-state index contributed by atoms with van der Waals surface area (Å²) in [6.07, 6.45) is 0. The van der Waals surface area contributed by atoms with Crippen LogP contribution in [0.1, 0.15) is 26.3 Å². The molecular weight excluding hydrogens is 498 g/mol. The minimum Gasteiger partial charge on any atom is -0.352 e. The SMILES string of the molecule is CC(C)NC(=O)C(C)N(Cc1ccccc1)C(=O)CN(c1ccc(Cl)cc1)S(=O)(=O)c1ccccc1. The van der Waals surface area contributed by atoms with E-state index in [1.165, 1.54) is 17.0 Å². The van der Waals surface area contributed by atoms with Crippen LogP contribution in [-0.4, -0.2) is 43.8 Å². The lowest BCUT2D eigenvalue weighted by Crippen LogP contribution is -2.52. The Morgan fingerprint density at radius 2 is 1.42 bits per heavy atom. The number of nitrogens with one attached hydrogen (secondary N) is 1. The number of rotatable bonds is 10. The van der Waals surface area contributed by atoms with Crippen molar-refractivity contribution in [3.8, 4) is 0 Å². The highest BCUT2D eigenvalue weighted by Gasteiger charge is 2.32. The zero-order valence-corrected chi connectivity index (χ0v) is 22.0. The van der Waals surface area contributed by atoms with E-state index < -0.39 is 28.5 Å². The van der Waals surface area contributed by atoms with Crippen molar-refractivity contribution >= 4 is 39.1 Å². The lowest BCUT2D eigenvalue weighted by atomic mass is 10.1. The Morgan fingerprint density at radius 1 is 0.861 bits per heavy atom. The molecule has 3 aromatic rings. The maximum absolute atomic E-state index is 13.7. The Bertz CT molecular complexity index is 1270. The van der Waals surface area contributed by atoms with Gasteiger partial charge in [-0.1, -0.05) is 60.1 Å². The molecule has 0 fully saturated rings. The second-order valence-corrected chi connectivity index (χ2v) is 10.9. The molecule has 0 aromatic heterocycles. The molecule has 3 rings (SSSR count). The average Bonchev–Trinajstić information content (AvgIpc) is 2.86. The molecule has 36 heavy (non-hydrogen) atoms. The van der Waals surface area contributed by atoms with Crippen molar-refractivity contribution in [1.29, 1.82) is 0 Å². The van der Waals surface area contributed by atoms with Gasteiger partial charge in [0.2, 0.25) is 11.8 Å². The van der Waals surface area contributed by atoms with E-state index in [9.17, 15) is 18.0 Å². The number of hydrogen-bond donors (Lipinski definition) is 1. The number of amides is 2. The first-order valence-corrected chi connectivity index (χ1v) is 13.4. The molecule has 1 unspecified atom stereocenters. The summed E-state index contributed by atoms with van der Waals surface area (Å²) in [7, 11) is -4.09. The third kappa shape index (κ3) is 6.86. The molecule has 0 aliphatic heterocycles. The van der Waals surface area contributed by atoms with E-state index in [4.69, 9.17) is 11.6 Å². The van der Waals surface area contributed by atoms with E-state index in [-0.39, 0.29) is 29.1 Å². The maximum Gasteiger partial charge on any atom is 0.264 e. The minimum atomic E-state index is -4.09. The summed E-state index contributed by atoms with van der Waals surface area (Å²) in [6, 6.07) is 22.4. The van der Waals surface area contributed by atoms with Crippen LogP contribution in [0.15, 0.2) is 89.8 Å². The Balaban J connectivity index is 2.00. The molecule has 0 saturated carbocycles. The number of carbonyl (C=O) groups is 2. The molecule has 0 aliphatic rings. The number of carbonyl (C=O) groups excluding carboxylic acids is 2. The standard InChI is InChI=1S/C27H30ClN3O4S/c1-20(2)29-27(33)21(3)30(18-22-10-6-4-7-11-22)26(32)19-31(24-16-14-23(28)15-17-24)36(34,35)25-12-8-5-9-13-25/h4-17,20-21H,18-19H2,1-3H3,(H,29,33). The first-order valence-electron chi connectivity index (χ1n) is 11.6. The van der Waals surface area contributed by atoms with Gasteiger partial charge in [-0.25, -0.2) is 8.42 Å². The lowest BCUT2D eigenvalue weighted by Gasteiger charge is -2.32. The number of anilines is 1. The molecule has 0 aliphatic carbocycles. The van der Waals surface area contributed by atoms with Crippen molar-refractivity contribution in [2.75, 3.05) is 10.8 Å². The number of nitrogens with zero attached hydrogens (tertiary/aromatic N) is 2. The Kier molecular flexibility index (Phi) is 9.12. The van der Waals surface area contributed by atoms with Gasteiger partial charge in [-0.15, -0.1) is 0 Å². The Labute approximate surface area is 217 Å². The summed E-state index contributed by atoms with van der Waals surface area (Å²) in [5.74, 6) is -0.835. The van der Waals surface area contributed by atoms with Crippen molar-refractivity contribution in [3.05, 3.63) is 95.5 Å². The van der Waals surface area contributed by atoms with Gasteiger partial charge in [0.15, 0.2) is 0 Å². The molecule has 0 radical (unpaired) electrons.